The van der Waals surface area contributed by atoms with Crippen molar-refractivity contribution in [3.05, 3.63) is 46.8 Å². The topological polar surface area (TPSA) is 36.4 Å². The van der Waals surface area contributed by atoms with Crippen molar-refractivity contribution < 1.29 is 4.79 Å². The summed E-state index contributed by atoms with van der Waals surface area (Å²) >= 11 is 1.69. The minimum absolute atomic E-state index is 0.0715. The number of nitrogens with zero attached hydrogens (tertiary/aromatic N) is 3. The van der Waals surface area contributed by atoms with Gasteiger partial charge in [-0.25, -0.2) is 4.98 Å². The minimum atomic E-state index is 0.0715. The van der Waals surface area contributed by atoms with Crippen molar-refractivity contribution >= 4 is 23.1 Å². The van der Waals surface area contributed by atoms with E-state index in [0.29, 0.717) is 13.1 Å². The summed E-state index contributed by atoms with van der Waals surface area (Å²) in [5, 5.41) is 2.04. The predicted molar refractivity (Wildman–Crippen MR) is 78.3 cm³/mol. The molecule has 0 bridgehead atoms. The number of carbonyl (C=O) groups is 1. The van der Waals surface area contributed by atoms with Crippen LogP contribution in [-0.2, 0) is 11.3 Å². The van der Waals surface area contributed by atoms with Gasteiger partial charge in [0.2, 0.25) is 5.91 Å². The van der Waals surface area contributed by atoms with E-state index in [2.05, 4.69) is 11.1 Å². The molecule has 0 unspecified atom stereocenters. The summed E-state index contributed by atoms with van der Waals surface area (Å²) in [6.45, 7) is 1.04. The number of pyridine rings is 1. The standard InChI is InChI=1S/C14H17N3OS/c1-16(2)14(18)11-17(10-12-6-5-9-19-12)13-7-3-4-8-15-13/h3-9H,10-11H2,1-2H3. The Morgan fingerprint density at radius 1 is 1.26 bits per heavy atom. The maximum Gasteiger partial charge on any atom is 0.241 e. The molecule has 0 saturated heterocycles. The molecule has 100 valence electrons. The van der Waals surface area contributed by atoms with Crippen LogP contribution < -0.4 is 4.90 Å². The highest BCUT2D eigenvalue weighted by Gasteiger charge is 2.14. The zero-order valence-electron chi connectivity index (χ0n) is 11.1. The maximum absolute atomic E-state index is 11.9. The zero-order valence-corrected chi connectivity index (χ0v) is 11.9. The number of carbonyl (C=O) groups excluding carboxylic acids is 1. The van der Waals surface area contributed by atoms with Gasteiger partial charge in [-0.3, -0.25) is 4.79 Å². The Bertz CT molecular complexity index is 511. The molecule has 2 heterocycles. The number of anilines is 1. The van der Waals surface area contributed by atoms with Gasteiger partial charge < -0.3 is 9.80 Å². The first-order valence-corrected chi connectivity index (χ1v) is 6.93. The molecule has 0 saturated carbocycles. The van der Waals surface area contributed by atoms with Gasteiger partial charge in [0.15, 0.2) is 0 Å². The van der Waals surface area contributed by atoms with Gasteiger partial charge >= 0.3 is 0 Å². The molecule has 2 aromatic heterocycles. The van der Waals surface area contributed by atoms with E-state index in [4.69, 9.17) is 0 Å². The van der Waals surface area contributed by atoms with Gasteiger partial charge in [-0.1, -0.05) is 12.1 Å². The molecule has 0 atom stereocenters. The average Bonchev–Trinajstić information content (AvgIpc) is 2.91. The molecule has 0 aromatic carbocycles. The summed E-state index contributed by atoms with van der Waals surface area (Å²) in [5.41, 5.74) is 0. The van der Waals surface area contributed by atoms with E-state index >= 15 is 0 Å². The van der Waals surface area contributed by atoms with Crippen LogP contribution in [-0.4, -0.2) is 36.4 Å². The first-order chi connectivity index (χ1) is 9.16. The molecular formula is C14H17N3OS. The summed E-state index contributed by atoms with van der Waals surface area (Å²) in [6.07, 6.45) is 1.75. The van der Waals surface area contributed by atoms with Crippen LogP contribution in [0, 0.1) is 0 Å². The van der Waals surface area contributed by atoms with Crippen molar-refractivity contribution in [1.82, 2.24) is 9.88 Å². The smallest absolute Gasteiger partial charge is 0.241 e. The largest absolute Gasteiger partial charge is 0.347 e. The van der Waals surface area contributed by atoms with Gasteiger partial charge in [0.25, 0.3) is 0 Å². The summed E-state index contributed by atoms with van der Waals surface area (Å²) in [7, 11) is 3.54. The highest BCUT2D eigenvalue weighted by molar-refractivity contribution is 7.09. The number of rotatable bonds is 5. The highest BCUT2D eigenvalue weighted by Crippen LogP contribution is 2.17. The molecule has 0 radical (unpaired) electrons. The van der Waals surface area contributed by atoms with Crippen LogP contribution in [0.3, 0.4) is 0 Å². The quantitative estimate of drug-likeness (QED) is 0.839. The fourth-order valence-electron chi connectivity index (χ4n) is 1.65. The van der Waals surface area contributed by atoms with Gasteiger partial charge in [0.05, 0.1) is 13.1 Å². The first kappa shape index (κ1) is 13.5. The second kappa shape index (κ2) is 6.33. The van der Waals surface area contributed by atoms with Crippen LogP contribution in [0.15, 0.2) is 41.9 Å². The molecule has 4 nitrogen and oxygen atoms in total. The Balaban J connectivity index is 2.16. The molecule has 0 spiro atoms. The van der Waals surface area contributed by atoms with Crippen molar-refractivity contribution in [3.63, 3.8) is 0 Å². The second-order valence-corrected chi connectivity index (χ2v) is 5.44. The number of thiophene rings is 1. The molecule has 0 N–H and O–H groups in total. The van der Waals surface area contributed by atoms with Crippen LogP contribution in [0.4, 0.5) is 5.82 Å². The SMILES string of the molecule is CN(C)C(=O)CN(Cc1cccs1)c1ccccn1. The molecule has 0 aliphatic heterocycles. The third kappa shape index (κ3) is 3.79. The van der Waals surface area contributed by atoms with Gasteiger partial charge in [0, 0.05) is 25.2 Å². The number of likely N-dealkylation sites (N-methyl/N-ethyl adjacent to an activating group) is 1. The van der Waals surface area contributed by atoms with E-state index in [1.54, 1.807) is 36.5 Å². The maximum atomic E-state index is 11.9. The van der Waals surface area contributed by atoms with E-state index in [1.165, 1.54) is 4.88 Å². The molecular weight excluding hydrogens is 258 g/mol. The molecule has 2 rings (SSSR count). The normalized spacial score (nSPS) is 10.2. The lowest BCUT2D eigenvalue weighted by Gasteiger charge is -2.24. The lowest BCUT2D eigenvalue weighted by molar-refractivity contribution is -0.127. The Kier molecular flexibility index (Phi) is 4.52. The zero-order chi connectivity index (χ0) is 13.7. The second-order valence-electron chi connectivity index (χ2n) is 4.41. The molecule has 0 aliphatic rings. The van der Waals surface area contributed by atoms with E-state index in [0.717, 1.165) is 5.82 Å². The number of aromatic nitrogens is 1. The molecule has 0 fully saturated rings. The van der Waals surface area contributed by atoms with E-state index in [9.17, 15) is 4.79 Å². The number of amides is 1. The summed E-state index contributed by atoms with van der Waals surface area (Å²) in [6, 6.07) is 9.83. The van der Waals surface area contributed by atoms with Crippen molar-refractivity contribution in [2.45, 2.75) is 6.54 Å². The monoisotopic (exact) mass is 275 g/mol. The fourth-order valence-corrected chi connectivity index (χ4v) is 2.37. The number of hydrogen-bond acceptors (Lipinski definition) is 4. The average molecular weight is 275 g/mol. The predicted octanol–water partition coefficient (Wildman–Crippen LogP) is 2.24. The van der Waals surface area contributed by atoms with Crippen LogP contribution in [0.1, 0.15) is 4.88 Å². The van der Waals surface area contributed by atoms with E-state index < -0.39 is 0 Å². The Morgan fingerprint density at radius 2 is 2.11 bits per heavy atom. The van der Waals surface area contributed by atoms with Crippen LogP contribution >= 0.6 is 11.3 Å². The van der Waals surface area contributed by atoms with Crippen LogP contribution in [0.2, 0.25) is 0 Å². The lowest BCUT2D eigenvalue weighted by Crippen LogP contribution is -2.36. The van der Waals surface area contributed by atoms with E-state index in [1.807, 2.05) is 34.5 Å². The number of hydrogen-bond donors (Lipinski definition) is 0. The Labute approximate surface area is 117 Å². The molecule has 5 heteroatoms. The van der Waals surface area contributed by atoms with Crippen molar-refractivity contribution in [2.75, 3.05) is 25.5 Å². The first-order valence-electron chi connectivity index (χ1n) is 6.05. The Morgan fingerprint density at radius 3 is 2.68 bits per heavy atom. The van der Waals surface area contributed by atoms with Gasteiger partial charge in [-0.15, -0.1) is 11.3 Å². The summed E-state index contributed by atoms with van der Waals surface area (Å²) < 4.78 is 0. The molecule has 2 aromatic rings. The Hall–Kier alpha value is -1.88. The van der Waals surface area contributed by atoms with Gasteiger partial charge in [-0.05, 0) is 23.6 Å². The molecule has 1 amide bonds. The lowest BCUT2D eigenvalue weighted by atomic mass is 10.3. The summed E-state index contributed by atoms with van der Waals surface area (Å²) in [4.78, 5) is 21.1. The fraction of sp³-hybridized carbons (Fsp3) is 0.286. The molecule has 0 aliphatic carbocycles. The van der Waals surface area contributed by atoms with Gasteiger partial charge in [-0.2, -0.15) is 0 Å². The third-order valence-corrected chi connectivity index (χ3v) is 3.59. The van der Waals surface area contributed by atoms with Crippen molar-refractivity contribution in [1.29, 1.82) is 0 Å². The van der Waals surface area contributed by atoms with Crippen LogP contribution in [0.5, 0.6) is 0 Å². The third-order valence-electron chi connectivity index (χ3n) is 2.72. The summed E-state index contributed by atoms with van der Waals surface area (Å²) in [5.74, 6) is 0.897. The minimum Gasteiger partial charge on any atom is -0.347 e. The van der Waals surface area contributed by atoms with Crippen molar-refractivity contribution in [3.8, 4) is 0 Å². The highest BCUT2D eigenvalue weighted by atomic mass is 32.1. The van der Waals surface area contributed by atoms with Crippen LogP contribution in [0.25, 0.3) is 0 Å². The van der Waals surface area contributed by atoms with E-state index in [-0.39, 0.29) is 5.91 Å². The van der Waals surface area contributed by atoms with Gasteiger partial charge in [0.1, 0.15) is 5.82 Å². The van der Waals surface area contributed by atoms with Crippen molar-refractivity contribution in [2.24, 2.45) is 0 Å². The molecule has 19 heavy (non-hydrogen) atoms.